The van der Waals surface area contributed by atoms with Crippen LogP contribution in [0, 0.1) is 17.8 Å². The van der Waals surface area contributed by atoms with Gasteiger partial charge in [-0.1, -0.05) is 208 Å². The summed E-state index contributed by atoms with van der Waals surface area (Å²) in [5.74, 6) is 1.56. The van der Waals surface area contributed by atoms with Gasteiger partial charge in [-0.15, -0.1) is 0 Å². The van der Waals surface area contributed by atoms with E-state index in [1.54, 1.807) is 0 Å². The first kappa shape index (κ1) is 51.4. The van der Waals surface area contributed by atoms with E-state index in [0.717, 1.165) is 75.5 Å². The van der Waals surface area contributed by atoms with E-state index >= 15 is 0 Å². The number of hydrogen-bond acceptors (Lipinski definition) is 6. The van der Waals surface area contributed by atoms with E-state index in [0.29, 0.717) is 19.3 Å². The summed E-state index contributed by atoms with van der Waals surface area (Å²) >= 11 is 0. The van der Waals surface area contributed by atoms with Crippen molar-refractivity contribution in [3.05, 3.63) is 0 Å². The summed E-state index contributed by atoms with van der Waals surface area (Å²) < 4.78 is 16.7. The molecule has 0 aliphatic carbocycles. The van der Waals surface area contributed by atoms with Crippen LogP contribution < -0.4 is 0 Å². The topological polar surface area (TPSA) is 78.9 Å². The predicted molar refractivity (Wildman–Crippen MR) is 224 cm³/mol. The zero-order valence-electron chi connectivity index (χ0n) is 36.3. The summed E-state index contributed by atoms with van der Waals surface area (Å²) in [6.07, 6.45) is 35.3. The van der Waals surface area contributed by atoms with Crippen LogP contribution in [0.15, 0.2) is 0 Å². The molecule has 0 aliphatic heterocycles. The summed E-state index contributed by atoms with van der Waals surface area (Å²) in [5.41, 5.74) is 0. The van der Waals surface area contributed by atoms with Gasteiger partial charge in [0.2, 0.25) is 0 Å². The molecule has 0 saturated heterocycles. The molecule has 6 nitrogen and oxygen atoms in total. The fraction of sp³-hybridized carbons (Fsp3) is 0.936. The average molecular weight is 751 g/mol. The molecule has 0 aliphatic rings. The molecule has 1 unspecified atom stereocenters. The zero-order valence-corrected chi connectivity index (χ0v) is 36.3. The van der Waals surface area contributed by atoms with Crippen molar-refractivity contribution in [1.29, 1.82) is 0 Å². The van der Waals surface area contributed by atoms with Crippen molar-refractivity contribution in [2.45, 2.75) is 253 Å². The Morgan fingerprint density at radius 2 is 0.660 bits per heavy atom. The van der Waals surface area contributed by atoms with Crippen molar-refractivity contribution >= 4 is 17.9 Å². The van der Waals surface area contributed by atoms with Gasteiger partial charge in [-0.05, 0) is 37.0 Å². The van der Waals surface area contributed by atoms with Crippen LogP contribution >= 0.6 is 0 Å². The van der Waals surface area contributed by atoms with E-state index in [9.17, 15) is 14.4 Å². The largest absolute Gasteiger partial charge is 0.462 e. The summed E-state index contributed by atoms with van der Waals surface area (Å²) in [6.45, 7) is 13.6. The Hall–Kier alpha value is -1.59. The zero-order chi connectivity index (χ0) is 39.2. The lowest BCUT2D eigenvalue weighted by Crippen LogP contribution is -2.30. The van der Waals surface area contributed by atoms with Crippen molar-refractivity contribution in [1.82, 2.24) is 0 Å². The Kier molecular flexibility index (Phi) is 37.5. The highest BCUT2D eigenvalue weighted by Crippen LogP contribution is 2.17. The van der Waals surface area contributed by atoms with E-state index in [-0.39, 0.29) is 31.1 Å². The Labute approximate surface area is 329 Å². The number of carbonyl (C=O) groups is 3. The molecule has 0 N–H and O–H groups in total. The maximum Gasteiger partial charge on any atom is 0.306 e. The number of esters is 3. The molecular formula is C47H90O6. The Balaban J connectivity index is 4.31. The first-order valence-corrected chi connectivity index (χ1v) is 23.1. The fourth-order valence-electron chi connectivity index (χ4n) is 6.85. The maximum absolute atomic E-state index is 12.7. The molecule has 0 radical (unpaired) electrons. The molecule has 0 rings (SSSR count). The monoisotopic (exact) mass is 751 g/mol. The van der Waals surface area contributed by atoms with Gasteiger partial charge >= 0.3 is 17.9 Å². The molecule has 6 heteroatoms. The minimum atomic E-state index is -0.762. The lowest BCUT2D eigenvalue weighted by molar-refractivity contribution is -0.167. The molecule has 314 valence electrons. The fourth-order valence-corrected chi connectivity index (χ4v) is 6.85. The van der Waals surface area contributed by atoms with Gasteiger partial charge in [0.1, 0.15) is 13.2 Å². The van der Waals surface area contributed by atoms with Crippen molar-refractivity contribution < 1.29 is 28.6 Å². The molecule has 0 aromatic heterocycles. The molecule has 0 bridgehead atoms. The van der Waals surface area contributed by atoms with Gasteiger partial charge in [-0.25, -0.2) is 0 Å². The number of ether oxygens (including phenoxy) is 3. The van der Waals surface area contributed by atoms with Crippen LogP contribution in [-0.2, 0) is 28.6 Å². The predicted octanol–water partition coefficient (Wildman–Crippen LogP) is 14.4. The van der Waals surface area contributed by atoms with Crippen LogP contribution in [-0.4, -0.2) is 37.2 Å². The lowest BCUT2D eigenvalue weighted by atomic mass is 10.00. The van der Waals surface area contributed by atoms with Gasteiger partial charge in [0.25, 0.3) is 0 Å². The number of rotatable bonds is 40. The third-order valence-corrected chi connectivity index (χ3v) is 10.8. The van der Waals surface area contributed by atoms with Crippen LogP contribution in [0.1, 0.15) is 247 Å². The Bertz CT molecular complexity index is 824. The second-order valence-corrected chi connectivity index (χ2v) is 17.2. The molecule has 2 atom stereocenters. The highest BCUT2D eigenvalue weighted by molar-refractivity contribution is 5.71. The molecule has 0 aromatic rings. The first-order chi connectivity index (χ1) is 25.6. The summed E-state index contributed by atoms with van der Waals surface area (Å²) in [6, 6.07) is 0. The first-order valence-electron chi connectivity index (χ1n) is 23.1. The number of hydrogen-bond donors (Lipinski definition) is 0. The summed E-state index contributed by atoms with van der Waals surface area (Å²) in [7, 11) is 0. The molecule has 0 saturated carbocycles. The minimum absolute atomic E-state index is 0.0669. The van der Waals surface area contributed by atoms with Gasteiger partial charge in [-0.3, -0.25) is 14.4 Å². The maximum atomic E-state index is 12.7. The van der Waals surface area contributed by atoms with Crippen molar-refractivity contribution in [3.63, 3.8) is 0 Å². The van der Waals surface area contributed by atoms with Crippen molar-refractivity contribution in [3.8, 4) is 0 Å². The quantitative estimate of drug-likeness (QED) is 0.0352. The third kappa shape index (κ3) is 39.9. The second kappa shape index (κ2) is 38.7. The molecule has 0 heterocycles. The van der Waals surface area contributed by atoms with Crippen LogP contribution in [0.4, 0.5) is 0 Å². The van der Waals surface area contributed by atoms with Gasteiger partial charge in [-0.2, -0.15) is 0 Å². The second-order valence-electron chi connectivity index (χ2n) is 17.2. The number of unbranched alkanes of at least 4 members (excludes halogenated alkanes) is 22. The van der Waals surface area contributed by atoms with Gasteiger partial charge in [0.05, 0.1) is 0 Å². The van der Waals surface area contributed by atoms with Crippen molar-refractivity contribution in [2.24, 2.45) is 17.8 Å². The van der Waals surface area contributed by atoms with Gasteiger partial charge in [0.15, 0.2) is 6.10 Å². The van der Waals surface area contributed by atoms with E-state index in [1.165, 1.54) is 128 Å². The summed E-state index contributed by atoms with van der Waals surface area (Å²) in [4.78, 5) is 37.7. The van der Waals surface area contributed by atoms with E-state index in [1.807, 2.05) is 0 Å². The van der Waals surface area contributed by atoms with Crippen LogP contribution in [0.2, 0.25) is 0 Å². The highest BCUT2D eigenvalue weighted by atomic mass is 16.6. The Morgan fingerprint density at radius 1 is 0.377 bits per heavy atom. The average Bonchev–Trinajstić information content (AvgIpc) is 3.12. The van der Waals surface area contributed by atoms with Crippen molar-refractivity contribution in [2.75, 3.05) is 13.2 Å². The van der Waals surface area contributed by atoms with Gasteiger partial charge in [0, 0.05) is 19.3 Å². The molecular weight excluding hydrogens is 661 g/mol. The minimum Gasteiger partial charge on any atom is -0.462 e. The van der Waals surface area contributed by atoms with E-state index in [4.69, 9.17) is 14.2 Å². The number of carbonyl (C=O) groups excluding carboxylic acids is 3. The van der Waals surface area contributed by atoms with Gasteiger partial charge < -0.3 is 14.2 Å². The summed E-state index contributed by atoms with van der Waals surface area (Å²) in [5, 5.41) is 0. The standard InChI is InChI=1S/C47H90O6/c1-7-43(6)35-29-23-19-20-26-32-38-47(50)53-44(40-52-46(49)37-31-25-18-14-16-22-28-34-42(4)5)39-51-45(48)36-30-24-17-13-11-9-8-10-12-15-21-27-33-41(2)3/h41-44H,7-40H2,1-6H3/t43?,44-/m1/s1. The van der Waals surface area contributed by atoms with Crippen LogP contribution in [0.25, 0.3) is 0 Å². The SMILES string of the molecule is CCC(C)CCCCCCCCC(=O)O[C@H](COC(=O)CCCCCCCCCCCCCCC(C)C)COC(=O)CCCCCCCCCC(C)C. The molecule has 0 spiro atoms. The molecule has 0 amide bonds. The van der Waals surface area contributed by atoms with Crippen LogP contribution in [0.5, 0.6) is 0 Å². The third-order valence-electron chi connectivity index (χ3n) is 10.8. The smallest absolute Gasteiger partial charge is 0.306 e. The highest BCUT2D eigenvalue weighted by Gasteiger charge is 2.19. The Morgan fingerprint density at radius 3 is 0.981 bits per heavy atom. The van der Waals surface area contributed by atoms with E-state index < -0.39 is 6.10 Å². The lowest BCUT2D eigenvalue weighted by Gasteiger charge is -2.18. The molecule has 0 aromatic carbocycles. The molecule has 53 heavy (non-hydrogen) atoms. The van der Waals surface area contributed by atoms with Crippen LogP contribution in [0.3, 0.4) is 0 Å². The normalized spacial score (nSPS) is 12.7. The van der Waals surface area contributed by atoms with E-state index in [2.05, 4.69) is 41.5 Å². The molecule has 0 fully saturated rings.